The van der Waals surface area contributed by atoms with Crippen LogP contribution in [0.15, 0.2) is 0 Å². The largest absolute Gasteiger partial charge is 0.476 e. The summed E-state index contributed by atoms with van der Waals surface area (Å²) in [5, 5.41) is 14.3. The molecule has 1 aromatic heterocycles. The summed E-state index contributed by atoms with van der Waals surface area (Å²) < 4.78 is 13.2. The lowest BCUT2D eigenvalue weighted by atomic mass is 10.2. The molecule has 0 aliphatic heterocycles. The van der Waals surface area contributed by atoms with E-state index in [1.54, 1.807) is 0 Å². The third-order valence-electron chi connectivity index (χ3n) is 2.17. The lowest BCUT2D eigenvalue weighted by molar-refractivity contribution is 0.0685. The number of carboxylic acids is 1. The number of hydrogen-bond acceptors (Lipinski definition) is 2. The zero-order valence-electron chi connectivity index (χ0n) is 6.88. The monoisotopic (exact) mass is 184 g/mol. The van der Waals surface area contributed by atoms with Crippen LogP contribution in [0, 0.1) is 11.7 Å². The van der Waals surface area contributed by atoms with Gasteiger partial charge < -0.3 is 5.11 Å². The Bertz CT molecular complexity index is 344. The van der Waals surface area contributed by atoms with Gasteiger partial charge in [0.1, 0.15) is 0 Å². The molecule has 0 bridgehead atoms. The number of aromatic carboxylic acids is 1. The van der Waals surface area contributed by atoms with E-state index < -0.39 is 17.5 Å². The number of halogens is 1. The second kappa shape index (κ2) is 2.83. The highest BCUT2D eigenvalue weighted by Gasteiger charge is 2.26. The average Bonchev–Trinajstić information content (AvgIpc) is 2.78. The fourth-order valence-corrected chi connectivity index (χ4v) is 1.25. The van der Waals surface area contributed by atoms with Gasteiger partial charge in [0.2, 0.25) is 5.69 Å². The maximum absolute atomic E-state index is 13.2. The summed E-state index contributed by atoms with van der Waals surface area (Å²) in [5.74, 6) is -1.52. The lowest BCUT2D eigenvalue weighted by Crippen LogP contribution is -2.00. The summed E-state index contributed by atoms with van der Waals surface area (Å²) in [7, 11) is 0. The van der Waals surface area contributed by atoms with E-state index in [0.717, 1.165) is 12.8 Å². The van der Waals surface area contributed by atoms with Crippen molar-refractivity contribution in [1.29, 1.82) is 0 Å². The maximum Gasteiger partial charge on any atom is 0.359 e. The highest BCUT2D eigenvalue weighted by Crippen LogP contribution is 2.32. The van der Waals surface area contributed by atoms with Gasteiger partial charge >= 0.3 is 5.97 Å². The number of aromatic nitrogens is 2. The third kappa shape index (κ3) is 1.54. The summed E-state index contributed by atoms with van der Waals surface area (Å²) in [6.07, 6.45) is 2.77. The van der Waals surface area contributed by atoms with Crippen molar-refractivity contribution in [3.8, 4) is 0 Å². The first-order valence-corrected chi connectivity index (χ1v) is 4.14. The number of carboxylic acid groups (broad SMARTS) is 1. The maximum atomic E-state index is 13.2. The molecular weight excluding hydrogens is 175 g/mol. The van der Waals surface area contributed by atoms with Crippen molar-refractivity contribution in [3.05, 3.63) is 17.2 Å². The molecule has 2 N–H and O–H groups in total. The molecule has 70 valence electrons. The van der Waals surface area contributed by atoms with E-state index in [4.69, 9.17) is 5.11 Å². The van der Waals surface area contributed by atoms with Gasteiger partial charge in [-0.1, -0.05) is 0 Å². The van der Waals surface area contributed by atoms with Gasteiger partial charge in [-0.15, -0.1) is 0 Å². The molecule has 0 amide bonds. The number of carbonyl (C=O) groups is 1. The number of rotatable bonds is 3. The van der Waals surface area contributed by atoms with Crippen LogP contribution in [-0.2, 0) is 6.42 Å². The third-order valence-corrected chi connectivity index (χ3v) is 2.17. The highest BCUT2D eigenvalue weighted by atomic mass is 19.1. The van der Waals surface area contributed by atoms with Crippen molar-refractivity contribution >= 4 is 5.97 Å². The standard InChI is InChI=1S/C8H9FN2O2/c9-6-5(3-4-1-2-4)10-11-7(6)8(12)13/h4H,1-3H2,(H,10,11)(H,12,13). The van der Waals surface area contributed by atoms with Crippen molar-refractivity contribution in [2.45, 2.75) is 19.3 Å². The Kier molecular flexibility index (Phi) is 1.79. The zero-order valence-corrected chi connectivity index (χ0v) is 6.88. The number of nitrogens with one attached hydrogen (secondary N) is 1. The summed E-state index contributed by atoms with van der Waals surface area (Å²) in [4.78, 5) is 10.4. The number of aromatic amines is 1. The van der Waals surface area contributed by atoms with Crippen molar-refractivity contribution in [2.24, 2.45) is 5.92 Å². The molecule has 1 aliphatic carbocycles. The summed E-state index contributed by atoms with van der Waals surface area (Å²) in [6, 6.07) is 0. The first-order chi connectivity index (χ1) is 6.18. The normalized spacial score (nSPS) is 16.1. The molecule has 2 rings (SSSR count). The van der Waals surface area contributed by atoms with E-state index in [0.29, 0.717) is 18.0 Å². The molecule has 0 aromatic carbocycles. The second-order valence-electron chi connectivity index (χ2n) is 3.32. The van der Waals surface area contributed by atoms with Crippen LogP contribution in [0.1, 0.15) is 29.0 Å². The van der Waals surface area contributed by atoms with E-state index in [9.17, 15) is 9.18 Å². The first-order valence-electron chi connectivity index (χ1n) is 4.14. The van der Waals surface area contributed by atoms with Crippen LogP contribution in [-0.4, -0.2) is 21.3 Å². The average molecular weight is 184 g/mol. The summed E-state index contributed by atoms with van der Waals surface area (Å²) in [6.45, 7) is 0. The van der Waals surface area contributed by atoms with Crippen LogP contribution in [0.4, 0.5) is 4.39 Å². The van der Waals surface area contributed by atoms with Gasteiger partial charge in [-0.05, 0) is 25.2 Å². The van der Waals surface area contributed by atoms with Gasteiger partial charge in [0, 0.05) is 0 Å². The Hall–Kier alpha value is -1.39. The molecule has 5 heteroatoms. The predicted molar refractivity (Wildman–Crippen MR) is 41.9 cm³/mol. The van der Waals surface area contributed by atoms with Crippen LogP contribution in [0.5, 0.6) is 0 Å². The van der Waals surface area contributed by atoms with Crippen molar-refractivity contribution < 1.29 is 14.3 Å². The molecule has 0 radical (unpaired) electrons. The topological polar surface area (TPSA) is 66.0 Å². The highest BCUT2D eigenvalue weighted by molar-refractivity contribution is 5.85. The van der Waals surface area contributed by atoms with Crippen LogP contribution in [0.25, 0.3) is 0 Å². The molecule has 0 saturated heterocycles. The predicted octanol–water partition coefficient (Wildman–Crippen LogP) is 1.20. The minimum absolute atomic E-state index is 0.319. The molecule has 1 aromatic rings. The molecule has 1 heterocycles. The number of nitrogens with zero attached hydrogens (tertiary/aromatic N) is 1. The minimum atomic E-state index is -1.32. The summed E-state index contributed by atoms with van der Waals surface area (Å²) in [5.41, 5.74) is -0.185. The Morgan fingerprint density at radius 1 is 1.69 bits per heavy atom. The van der Waals surface area contributed by atoms with E-state index in [-0.39, 0.29) is 0 Å². The van der Waals surface area contributed by atoms with Crippen molar-refractivity contribution in [1.82, 2.24) is 10.2 Å². The van der Waals surface area contributed by atoms with Gasteiger partial charge in [-0.3, -0.25) is 5.10 Å². The molecular formula is C8H9FN2O2. The van der Waals surface area contributed by atoms with Gasteiger partial charge in [-0.25, -0.2) is 9.18 Å². The fourth-order valence-electron chi connectivity index (χ4n) is 1.25. The quantitative estimate of drug-likeness (QED) is 0.741. The Morgan fingerprint density at radius 2 is 2.38 bits per heavy atom. The minimum Gasteiger partial charge on any atom is -0.476 e. The SMILES string of the molecule is O=C(O)c1n[nH]c(CC2CC2)c1F. The molecule has 1 aliphatic rings. The first kappa shape index (κ1) is 8.22. The number of hydrogen-bond donors (Lipinski definition) is 2. The van der Waals surface area contributed by atoms with Gasteiger partial charge in [0.15, 0.2) is 5.82 Å². The van der Waals surface area contributed by atoms with Gasteiger partial charge in [-0.2, -0.15) is 5.10 Å². The van der Waals surface area contributed by atoms with Gasteiger partial charge in [0.25, 0.3) is 0 Å². The van der Waals surface area contributed by atoms with Gasteiger partial charge in [0.05, 0.1) is 5.69 Å². The van der Waals surface area contributed by atoms with Crippen LogP contribution in [0.2, 0.25) is 0 Å². The van der Waals surface area contributed by atoms with Crippen LogP contribution in [0.3, 0.4) is 0 Å². The molecule has 4 nitrogen and oxygen atoms in total. The number of H-pyrrole nitrogens is 1. The Labute approximate surface area is 73.8 Å². The fraction of sp³-hybridized carbons (Fsp3) is 0.500. The Morgan fingerprint density at radius 3 is 2.85 bits per heavy atom. The molecule has 0 spiro atoms. The molecule has 0 atom stereocenters. The zero-order chi connectivity index (χ0) is 9.42. The lowest BCUT2D eigenvalue weighted by Gasteiger charge is -1.92. The van der Waals surface area contributed by atoms with E-state index in [2.05, 4.69) is 10.2 Å². The van der Waals surface area contributed by atoms with E-state index >= 15 is 0 Å². The molecule has 1 saturated carbocycles. The Balaban J connectivity index is 2.21. The molecule has 0 unspecified atom stereocenters. The second-order valence-corrected chi connectivity index (χ2v) is 3.32. The smallest absolute Gasteiger partial charge is 0.359 e. The van der Waals surface area contributed by atoms with Crippen LogP contribution < -0.4 is 0 Å². The van der Waals surface area contributed by atoms with Crippen LogP contribution >= 0.6 is 0 Å². The van der Waals surface area contributed by atoms with Crippen molar-refractivity contribution in [2.75, 3.05) is 0 Å². The van der Waals surface area contributed by atoms with E-state index in [1.165, 1.54) is 0 Å². The molecule has 1 fully saturated rings. The summed E-state index contributed by atoms with van der Waals surface area (Å²) >= 11 is 0. The molecule has 13 heavy (non-hydrogen) atoms. The van der Waals surface area contributed by atoms with Crippen molar-refractivity contribution in [3.63, 3.8) is 0 Å². The van der Waals surface area contributed by atoms with E-state index in [1.807, 2.05) is 0 Å².